The van der Waals surface area contributed by atoms with Crippen molar-refractivity contribution in [2.45, 2.75) is 20.5 Å². The fourth-order valence-electron chi connectivity index (χ4n) is 2.90. The van der Waals surface area contributed by atoms with E-state index in [4.69, 9.17) is 16.3 Å². The number of anilines is 1. The molecule has 3 aromatic rings. The Morgan fingerprint density at radius 1 is 1.16 bits per heavy atom. The van der Waals surface area contributed by atoms with E-state index in [1.54, 1.807) is 18.2 Å². The Morgan fingerprint density at radius 3 is 2.68 bits per heavy atom. The van der Waals surface area contributed by atoms with Crippen molar-refractivity contribution >= 4 is 45.2 Å². The Morgan fingerprint density at radius 2 is 1.94 bits per heavy atom. The Hall–Kier alpha value is -3.07. The third-order valence-corrected chi connectivity index (χ3v) is 5.63. The molecule has 0 aliphatic rings. The van der Waals surface area contributed by atoms with Gasteiger partial charge in [-0.05, 0) is 61.4 Å². The highest BCUT2D eigenvalue weighted by Gasteiger charge is 2.13. The predicted molar refractivity (Wildman–Crippen MR) is 128 cm³/mol. The molecule has 0 heterocycles. The highest BCUT2D eigenvalue weighted by atomic mass is 79.9. The normalized spacial score (nSPS) is 11.0. The molecule has 3 rings (SSSR count). The lowest BCUT2D eigenvalue weighted by atomic mass is 10.1. The van der Waals surface area contributed by atoms with Crippen LogP contribution in [-0.4, -0.2) is 5.91 Å². The maximum atomic E-state index is 12.7. The number of aryl methyl sites for hydroxylation is 2. The van der Waals surface area contributed by atoms with Crippen LogP contribution in [0.25, 0.3) is 6.08 Å². The molecular formula is C25H20BrClN2O2. The zero-order chi connectivity index (χ0) is 22.4. The molecule has 0 spiro atoms. The summed E-state index contributed by atoms with van der Waals surface area (Å²) in [6, 6.07) is 20.6. The first kappa shape index (κ1) is 22.6. The maximum absolute atomic E-state index is 12.7. The Labute approximate surface area is 195 Å². The van der Waals surface area contributed by atoms with Crippen LogP contribution in [0, 0.1) is 25.2 Å². The van der Waals surface area contributed by atoms with E-state index >= 15 is 0 Å². The van der Waals surface area contributed by atoms with E-state index < -0.39 is 5.91 Å². The molecule has 156 valence electrons. The second-order valence-corrected chi connectivity index (χ2v) is 8.30. The van der Waals surface area contributed by atoms with Gasteiger partial charge in [-0.3, -0.25) is 4.79 Å². The van der Waals surface area contributed by atoms with Gasteiger partial charge in [0.2, 0.25) is 0 Å². The van der Waals surface area contributed by atoms with E-state index in [-0.39, 0.29) is 5.57 Å². The number of ether oxygens (including phenoxy) is 1. The van der Waals surface area contributed by atoms with Gasteiger partial charge in [0.25, 0.3) is 5.91 Å². The van der Waals surface area contributed by atoms with Crippen molar-refractivity contribution < 1.29 is 9.53 Å². The van der Waals surface area contributed by atoms with Crippen LogP contribution in [0.15, 0.2) is 70.7 Å². The molecule has 0 saturated heterocycles. The summed E-state index contributed by atoms with van der Waals surface area (Å²) in [5.74, 6) is 0.0281. The third kappa shape index (κ3) is 5.97. The zero-order valence-electron chi connectivity index (χ0n) is 17.1. The first-order valence-corrected chi connectivity index (χ1v) is 10.7. The van der Waals surface area contributed by atoms with Gasteiger partial charge in [-0.2, -0.15) is 5.26 Å². The summed E-state index contributed by atoms with van der Waals surface area (Å²) in [5.41, 5.74) is 4.07. The minimum absolute atomic E-state index is 0.0473. The number of halogens is 2. The fourth-order valence-corrected chi connectivity index (χ4v) is 3.48. The zero-order valence-corrected chi connectivity index (χ0v) is 19.4. The lowest BCUT2D eigenvalue weighted by molar-refractivity contribution is -0.112. The molecule has 1 amide bonds. The quantitative estimate of drug-likeness (QED) is 0.301. The Balaban J connectivity index is 1.86. The van der Waals surface area contributed by atoms with Crippen LogP contribution >= 0.6 is 27.5 Å². The molecule has 6 heteroatoms. The lowest BCUT2D eigenvalue weighted by Gasteiger charge is -2.12. The van der Waals surface area contributed by atoms with E-state index in [2.05, 4.69) is 21.2 Å². The molecule has 0 atom stereocenters. The number of hydrogen-bond donors (Lipinski definition) is 1. The summed E-state index contributed by atoms with van der Waals surface area (Å²) in [7, 11) is 0. The minimum Gasteiger partial charge on any atom is -0.488 e. The number of nitriles is 1. The molecule has 31 heavy (non-hydrogen) atoms. The summed E-state index contributed by atoms with van der Waals surface area (Å²) in [6.45, 7) is 4.16. The SMILES string of the molecule is Cc1ccc(C)c(NC(=O)/C(C#N)=C/c2cc(Cl)ccc2OCc2ccccc2Br)c1. The van der Waals surface area contributed by atoms with Gasteiger partial charge in [-0.1, -0.05) is 57.9 Å². The monoisotopic (exact) mass is 494 g/mol. The first-order valence-electron chi connectivity index (χ1n) is 9.53. The van der Waals surface area contributed by atoms with Gasteiger partial charge in [-0.25, -0.2) is 0 Å². The van der Waals surface area contributed by atoms with Crippen molar-refractivity contribution in [3.8, 4) is 11.8 Å². The van der Waals surface area contributed by atoms with Crippen molar-refractivity contribution in [1.29, 1.82) is 5.26 Å². The van der Waals surface area contributed by atoms with Gasteiger partial charge in [0, 0.05) is 26.3 Å². The fraction of sp³-hybridized carbons (Fsp3) is 0.120. The molecule has 4 nitrogen and oxygen atoms in total. The molecule has 0 aliphatic heterocycles. The maximum Gasteiger partial charge on any atom is 0.266 e. The van der Waals surface area contributed by atoms with E-state index in [1.165, 1.54) is 6.08 Å². The second kappa shape index (κ2) is 10.3. The average Bonchev–Trinajstić information content (AvgIpc) is 2.75. The van der Waals surface area contributed by atoms with Crippen LogP contribution in [-0.2, 0) is 11.4 Å². The van der Waals surface area contributed by atoms with Crippen molar-refractivity contribution in [3.63, 3.8) is 0 Å². The van der Waals surface area contributed by atoms with Crippen LogP contribution in [0.1, 0.15) is 22.3 Å². The number of nitrogens with zero attached hydrogens (tertiary/aromatic N) is 1. The molecule has 3 aromatic carbocycles. The number of rotatable bonds is 6. The van der Waals surface area contributed by atoms with Gasteiger partial charge in [0.15, 0.2) is 0 Å². The summed E-state index contributed by atoms with van der Waals surface area (Å²) in [5, 5.41) is 12.9. The van der Waals surface area contributed by atoms with Crippen LogP contribution in [0.3, 0.4) is 0 Å². The van der Waals surface area contributed by atoms with Crippen molar-refractivity contribution in [3.05, 3.63) is 98.0 Å². The summed E-state index contributed by atoms with van der Waals surface area (Å²) in [4.78, 5) is 12.7. The Kier molecular flexibility index (Phi) is 7.51. The smallest absolute Gasteiger partial charge is 0.266 e. The molecule has 0 saturated carbocycles. The summed E-state index contributed by atoms with van der Waals surface area (Å²) < 4.78 is 6.90. The largest absolute Gasteiger partial charge is 0.488 e. The topological polar surface area (TPSA) is 62.1 Å². The van der Waals surface area contributed by atoms with Gasteiger partial charge >= 0.3 is 0 Å². The Bertz CT molecular complexity index is 1200. The summed E-state index contributed by atoms with van der Waals surface area (Å²) >= 11 is 9.66. The van der Waals surface area contributed by atoms with Gasteiger partial charge in [0.1, 0.15) is 24.0 Å². The van der Waals surface area contributed by atoms with E-state index in [0.717, 1.165) is 21.2 Å². The molecule has 0 bridgehead atoms. The standard InChI is InChI=1S/C25H20BrClN2O2/c1-16-7-8-17(2)23(11-16)29-25(30)20(14-28)12-19-13-21(27)9-10-24(19)31-15-18-5-3-4-6-22(18)26/h3-13H,15H2,1-2H3,(H,29,30)/b20-12+. The first-order chi connectivity index (χ1) is 14.9. The van der Waals surface area contributed by atoms with E-state index in [9.17, 15) is 10.1 Å². The molecule has 0 aromatic heterocycles. The predicted octanol–water partition coefficient (Wildman–Crippen LogP) is 6.84. The van der Waals surface area contributed by atoms with Gasteiger partial charge < -0.3 is 10.1 Å². The van der Waals surface area contributed by atoms with E-state index in [1.807, 2.05) is 62.4 Å². The van der Waals surface area contributed by atoms with Crippen molar-refractivity contribution in [1.82, 2.24) is 0 Å². The molecule has 1 N–H and O–H groups in total. The molecule has 0 fully saturated rings. The second-order valence-electron chi connectivity index (χ2n) is 7.00. The molecule has 0 unspecified atom stereocenters. The van der Waals surface area contributed by atoms with Gasteiger partial charge in [0.05, 0.1) is 0 Å². The van der Waals surface area contributed by atoms with Crippen LogP contribution in [0.4, 0.5) is 5.69 Å². The number of carbonyl (C=O) groups excluding carboxylic acids is 1. The molecule has 0 radical (unpaired) electrons. The molecular weight excluding hydrogens is 476 g/mol. The number of nitrogens with one attached hydrogen (secondary N) is 1. The number of carbonyl (C=O) groups is 1. The number of hydrogen-bond acceptors (Lipinski definition) is 3. The summed E-state index contributed by atoms with van der Waals surface area (Å²) in [6.07, 6.45) is 1.49. The lowest BCUT2D eigenvalue weighted by Crippen LogP contribution is -2.14. The van der Waals surface area contributed by atoms with Crippen LogP contribution in [0.5, 0.6) is 5.75 Å². The highest BCUT2D eigenvalue weighted by molar-refractivity contribution is 9.10. The van der Waals surface area contributed by atoms with Crippen molar-refractivity contribution in [2.75, 3.05) is 5.32 Å². The van der Waals surface area contributed by atoms with Crippen molar-refractivity contribution in [2.24, 2.45) is 0 Å². The number of amides is 1. The number of benzene rings is 3. The molecule has 0 aliphatic carbocycles. The average molecular weight is 496 g/mol. The highest BCUT2D eigenvalue weighted by Crippen LogP contribution is 2.28. The van der Waals surface area contributed by atoms with Crippen LogP contribution in [0.2, 0.25) is 5.02 Å². The van der Waals surface area contributed by atoms with Crippen LogP contribution < -0.4 is 10.1 Å². The third-order valence-electron chi connectivity index (χ3n) is 4.62. The minimum atomic E-state index is -0.493. The van der Waals surface area contributed by atoms with E-state index in [0.29, 0.717) is 28.6 Å². The van der Waals surface area contributed by atoms with Gasteiger partial charge in [-0.15, -0.1) is 0 Å².